The predicted octanol–water partition coefficient (Wildman–Crippen LogP) is 2.78. The average Bonchev–Trinajstić information content (AvgIpc) is 2.01. The Labute approximate surface area is 90.4 Å². The zero-order valence-electron chi connectivity index (χ0n) is 9.61. The maximum absolute atomic E-state index is 9.18. The molecule has 84 valence electrons. The van der Waals surface area contributed by atoms with Crippen LogP contribution < -0.4 is 0 Å². The highest BCUT2D eigenvalue weighted by atomic mass is 16.4. The molecule has 3 nitrogen and oxygen atoms in total. The molecule has 0 radical (unpaired) electrons. The molecule has 0 aromatic heterocycles. The molecule has 1 aromatic rings. The van der Waals surface area contributed by atoms with Crippen molar-refractivity contribution >= 4 is 5.97 Å². The number of carbonyl (C=O) groups is 1. The first kappa shape index (κ1) is 13.5. The van der Waals surface area contributed by atoms with E-state index in [1.54, 1.807) is 12.1 Å². The molecule has 1 aromatic carbocycles. The van der Waals surface area contributed by atoms with Crippen LogP contribution in [0.2, 0.25) is 0 Å². The van der Waals surface area contributed by atoms with Crippen LogP contribution in [0, 0.1) is 0 Å². The van der Waals surface area contributed by atoms with Crippen LogP contribution in [-0.4, -0.2) is 16.2 Å². The van der Waals surface area contributed by atoms with Crippen LogP contribution in [0.15, 0.2) is 24.3 Å². The van der Waals surface area contributed by atoms with Crippen molar-refractivity contribution in [1.82, 2.24) is 0 Å². The number of phenolic OH excluding ortho intramolecular Hbond substituents is 1. The molecular formula is C12H18O3. The van der Waals surface area contributed by atoms with E-state index in [2.05, 4.69) is 20.8 Å². The topological polar surface area (TPSA) is 57.5 Å². The van der Waals surface area contributed by atoms with Crippen molar-refractivity contribution in [2.45, 2.75) is 33.1 Å². The van der Waals surface area contributed by atoms with Gasteiger partial charge in [-0.05, 0) is 23.1 Å². The molecule has 0 heterocycles. The van der Waals surface area contributed by atoms with Crippen LogP contribution in [-0.2, 0) is 10.2 Å². The molecule has 0 amide bonds. The van der Waals surface area contributed by atoms with Crippen molar-refractivity contribution in [3.63, 3.8) is 0 Å². The molecule has 0 fully saturated rings. The third-order valence-electron chi connectivity index (χ3n) is 1.71. The first-order valence-corrected chi connectivity index (χ1v) is 4.72. The lowest BCUT2D eigenvalue weighted by molar-refractivity contribution is -0.134. The standard InChI is InChI=1S/C10H14O.C2H4O2/c1-10(2,3)8-5-4-6-9(11)7-8;1-2(3)4/h4-7,11H,1-3H3;1H3,(H,3,4). The van der Waals surface area contributed by atoms with E-state index < -0.39 is 5.97 Å². The highest BCUT2D eigenvalue weighted by Gasteiger charge is 2.12. The highest BCUT2D eigenvalue weighted by Crippen LogP contribution is 2.24. The fraction of sp³-hybridized carbons (Fsp3) is 0.417. The number of aromatic hydroxyl groups is 1. The Morgan fingerprint density at radius 2 is 1.73 bits per heavy atom. The van der Waals surface area contributed by atoms with Gasteiger partial charge in [-0.1, -0.05) is 32.9 Å². The number of hydrogen-bond acceptors (Lipinski definition) is 2. The molecular weight excluding hydrogens is 192 g/mol. The Balaban J connectivity index is 0.000000423. The number of rotatable bonds is 0. The van der Waals surface area contributed by atoms with Crippen LogP contribution in [0.25, 0.3) is 0 Å². The third-order valence-corrected chi connectivity index (χ3v) is 1.71. The lowest BCUT2D eigenvalue weighted by Gasteiger charge is -2.18. The summed E-state index contributed by atoms with van der Waals surface area (Å²) >= 11 is 0. The van der Waals surface area contributed by atoms with E-state index in [0.29, 0.717) is 5.75 Å². The maximum Gasteiger partial charge on any atom is 0.300 e. The molecule has 3 heteroatoms. The SMILES string of the molecule is CC(=O)O.CC(C)(C)c1cccc(O)c1. The zero-order valence-corrected chi connectivity index (χ0v) is 9.61. The van der Waals surface area contributed by atoms with Gasteiger partial charge in [-0.2, -0.15) is 0 Å². The van der Waals surface area contributed by atoms with Crippen LogP contribution in [0.5, 0.6) is 5.75 Å². The van der Waals surface area contributed by atoms with Gasteiger partial charge in [0.15, 0.2) is 0 Å². The second kappa shape index (κ2) is 5.39. The molecule has 1 rings (SSSR count). The van der Waals surface area contributed by atoms with Gasteiger partial charge in [0.1, 0.15) is 5.75 Å². The maximum atomic E-state index is 9.18. The van der Waals surface area contributed by atoms with Crippen molar-refractivity contribution < 1.29 is 15.0 Å². The van der Waals surface area contributed by atoms with E-state index in [-0.39, 0.29) is 5.41 Å². The minimum atomic E-state index is -0.833. The van der Waals surface area contributed by atoms with Gasteiger partial charge in [-0.3, -0.25) is 4.79 Å². The van der Waals surface area contributed by atoms with E-state index in [1.165, 1.54) is 0 Å². The van der Waals surface area contributed by atoms with Gasteiger partial charge >= 0.3 is 0 Å². The third kappa shape index (κ3) is 6.55. The number of aliphatic carboxylic acids is 1. The molecule has 0 aliphatic heterocycles. The van der Waals surface area contributed by atoms with Gasteiger partial charge in [0.05, 0.1) is 0 Å². The Kier molecular flexibility index (Phi) is 4.85. The van der Waals surface area contributed by atoms with E-state index in [4.69, 9.17) is 9.90 Å². The molecule has 0 unspecified atom stereocenters. The number of phenols is 1. The average molecular weight is 210 g/mol. The normalized spacial score (nSPS) is 10.1. The van der Waals surface area contributed by atoms with Crippen molar-refractivity contribution in [1.29, 1.82) is 0 Å². The first-order valence-electron chi connectivity index (χ1n) is 4.72. The zero-order chi connectivity index (χ0) is 12.1. The minimum absolute atomic E-state index is 0.124. The summed E-state index contributed by atoms with van der Waals surface area (Å²) < 4.78 is 0. The van der Waals surface area contributed by atoms with Crippen LogP contribution in [0.4, 0.5) is 0 Å². The van der Waals surface area contributed by atoms with E-state index in [9.17, 15) is 5.11 Å². The summed E-state index contributed by atoms with van der Waals surface area (Å²) in [6.45, 7) is 7.46. The first-order chi connectivity index (χ1) is 6.73. The van der Waals surface area contributed by atoms with Gasteiger partial charge in [0.2, 0.25) is 0 Å². The Morgan fingerprint density at radius 3 is 2.00 bits per heavy atom. The monoisotopic (exact) mass is 210 g/mol. The van der Waals surface area contributed by atoms with Crippen LogP contribution >= 0.6 is 0 Å². The van der Waals surface area contributed by atoms with E-state index in [1.807, 2.05) is 12.1 Å². The van der Waals surface area contributed by atoms with E-state index >= 15 is 0 Å². The smallest absolute Gasteiger partial charge is 0.300 e. The van der Waals surface area contributed by atoms with E-state index in [0.717, 1.165) is 12.5 Å². The summed E-state index contributed by atoms with van der Waals surface area (Å²) in [5.74, 6) is -0.488. The van der Waals surface area contributed by atoms with Gasteiger partial charge in [0, 0.05) is 6.92 Å². The summed E-state index contributed by atoms with van der Waals surface area (Å²) in [6.07, 6.45) is 0. The molecule has 2 N–H and O–H groups in total. The van der Waals surface area contributed by atoms with Crippen LogP contribution in [0.1, 0.15) is 33.3 Å². The van der Waals surface area contributed by atoms with Crippen molar-refractivity contribution in [2.75, 3.05) is 0 Å². The largest absolute Gasteiger partial charge is 0.508 e. The molecule has 0 saturated carbocycles. The molecule has 0 spiro atoms. The quantitative estimate of drug-likeness (QED) is 0.692. The molecule has 0 aliphatic rings. The summed E-state index contributed by atoms with van der Waals surface area (Å²) in [5, 5.41) is 16.6. The Bertz CT molecular complexity index is 320. The van der Waals surface area contributed by atoms with Crippen molar-refractivity contribution in [3.8, 4) is 5.75 Å². The fourth-order valence-electron chi connectivity index (χ4n) is 0.972. The van der Waals surface area contributed by atoms with Gasteiger partial charge in [0.25, 0.3) is 5.97 Å². The second-order valence-electron chi connectivity index (χ2n) is 4.32. The van der Waals surface area contributed by atoms with Crippen molar-refractivity contribution in [3.05, 3.63) is 29.8 Å². The minimum Gasteiger partial charge on any atom is -0.508 e. The number of benzene rings is 1. The van der Waals surface area contributed by atoms with Crippen molar-refractivity contribution in [2.24, 2.45) is 0 Å². The highest BCUT2D eigenvalue weighted by molar-refractivity contribution is 5.62. The summed E-state index contributed by atoms with van der Waals surface area (Å²) in [7, 11) is 0. The summed E-state index contributed by atoms with van der Waals surface area (Å²) in [6, 6.07) is 7.39. The van der Waals surface area contributed by atoms with Gasteiger partial charge in [-0.15, -0.1) is 0 Å². The molecule has 0 aliphatic carbocycles. The lowest BCUT2D eigenvalue weighted by atomic mass is 9.87. The fourth-order valence-corrected chi connectivity index (χ4v) is 0.972. The molecule has 0 atom stereocenters. The van der Waals surface area contributed by atoms with Crippen LogP contribution in [0.3, 0.4) is 0 Å². The molecule has 0 bridgehead atoms. The predicted molar refractivity (Wildman–Crippen MR) is 60.1 cm³/mol. The van der Waals surface area contributed by atoms with Gasteiger partial charge < -0.3 is 10.2 Å². The molecule has 0 saturated heterocycles. The van der Waals surface area contributed by atoms with Gasteiger partial charge in [-0.25, -0.2) is 0 Å². The second-order valence-corrected chi connectivity index (χ2v) is 4.32. The Morgan fingerprint density at radius 1 is 1.27 bits per heavy atom. The lowest BCUT2D eigenvalue weighted by Crippen LogP contribution is -2.10. The number of carboxylic acids is 1. The molecule has 15 heavy (non-hydrogen) atoms. The summed E-state index contributed by atoms with van der Waals surface area (Å²) in [4.78, 5) is 9.00. The summed E-state index contributed by atoms with van der Waals surface area (Å²) in [5.41, 5.74) is 1.29. The number of carboxylic acid groups (broad SMARTS) is 1. The Hall–Kier alpha value is -1.51. The number of hydrogen-bond donors (Lipinski definition) is 2.